The van der Waals surface area contributed by atoms with Gasteiger partial charge in [0.1, 0.15) is 15.6 Å². The molecule has 0 fully saturated rings. The second kappa shape index (κ2) is 6.49. The van der Waals surface area contributed by atoms with E-state index in [1.165, 1.54) is 25.4 Å². The predicted octanol–water partition coefficient (Wildman–Crippen LogP) is 3.20. The van der Waals surface area contributed by atoms with E-state index in [0.29, 0.717) is 16.5 Å². The smallest absolute Gasteiger partial charge is 0.358 e. The number of ketones is 1. The minimum absolute atomic E-state index is 0.0684. The Kier molecular flexibility index (Phi) is 4.70. The molecule has 0 aliphatic heterocycles. The van der Waals surface area contributed by atoms with Crippen molar-refractivity contribution in [2.24, 2.45) is 0 Å². The summed E-state index contributed by atoms with van der Waals surface area (Å²) in [6.07, 6.45) is 0. The van der Waals surface area contributed by atoms with Gasteiger partial charge in [-0.05, 0) is 31.2 Å². The predicted molar refractivity (Wildman–Crippen MR) is 80.1 cm³/mol. The fourth-order valence-corrected chi connectivity index (χ4v) is 2.73. The highest BCUT2D eigenvalue weighted by Gasteiger charge is 2.22. The van der Waals surface area contributed by atoms with Crippen LogP contribution < -0.4 is 4.74 Å². The highest BCUT2D eigenvalue weighted by atomic mass is 32.1. The SMILES string of the molecule is CCOc1ccc(-c2nc(C(=O)OC)c(C(C)=O)s2)cc1. The Bertz CT molecular complexity index is 661. The van der Waals surface area contributed by atoms with Crippen LogP contribution >= 0.6 is 11.3 Å². The molecule has 2 aromatic rings. The third kappa shape index (κ3) is 3.28. The molecule has 0 atom stereocenters. The zero-order valence-corrected chi connectivity index (χ0v) is 12.8. The maximum Gasteiger partial charge on any atom is 0.358 e. The summed E-state index contributed by atoms with van der Waals surface area (Å²) in [5, 5.41) is 0.601. The van der Waals surface area contributed by atoms with Crippen LogP contribution in [0.2, 0.25) is 0 Å². The fourth-order valence-electron chi connectivity index (χ4n) is 1.78. The van der Waals surface area contributed by atoms with E-state index in [-0.39, 0.29) is 11.5 Å². The summed E-state index contributed by atoms with van der Waals surface area (Å²) >= 11 is 1.18. The van der Waals surface area contributed by atoms with E-state index in [2.05, 4.69) is 9.72 Å². The maximum atomic E-state index is 11.7. The second-order valence-corrected chi connectivity index (χ2v) is 5.20. The van der Waals surface area contributed by atoms with Gasteiger partial charge in [-0.15, -0.1) is 11.3 Å². The first-order valence-corrected chi connectivity index (χ1v) is 7.21. The first kappa shape index (κ1) is 15.2. The van der Waals surface area contributed by atoms with Gasteiger partial charge in [0.05, 0.1) is 13.7 Å². The van der Waals surface area contributed by atoms with Crippen LogP contribution in [-0.4, -0.2) is 30.5 Å². The van der Waals surface area contributed by atoms with Crippen molar-refractivity contribution >= 4 is 23.1 Å². The molecule has 1 heterocycles. The lowest BCUT2D eigenvalue weighted by Gasteiger charge is -2.02. The number of nitrogens with zero attached hydrogens (tertiary/aromatic N) is 1. The third-order valence-electron chi connectivity index (χ3n) is 2.74. The molecule has 1 aromatic carbocycles. The van der Waals surface area contributed by atoms with Gasteiger partial charge in [-0.25, -0.2) is 9.78 Å². The van der Waals surface area contributed by atoms with Gasteiger partial charge in [0.2, 0.25) is 0 Å². The normalized spacial score (nSPS) is 10.2. The molecule has 110 valence electrons. The van der Waals surface area contributed by atoms with Crippen molar-refractivity contribution in [3.8, 4) is 16.3 Å². The number of hydrogen-bond acceptors (Lipinski definition) is 6. The standard InChI is InChI=1S/C15H15NO4S/c1-4-20-11-7-5-10(6-8-11)14-16-12(15(18)19-3)13(21-14)9(2)17/h5-8H,4H2,1-3H3. The number of ether oxygens (including phenoxy) is 2. The molecule has 0 bridgehead atoms. The van der Waals surface area contributed by atoms with Crippen molar-refractivity contribution in [1.29, 1.82) is 0 Å². The van der Waals surface area contributed by atoms with Gasteiger partial charge in [-0.3, -0.25) is 4.79 Å². The van der Waals surface area contributed by atoms with Crippen molar-refractivity contribution in [3.63, 3.8) is 0 Å². The number of Topliss-reactive ketones (excluding diaryl/α,β-unsaturated/α-hetero) is 1. The van der Waals surface area contributed by atoms with Crippen LogP contribution in [0.15, 0.2) is 24.3 Å². The zero-order chi connectivity index (χ0) is 15.4. The average Bonchev–Trinajstić information content (AvgIpc) is 2.93. The van der Waals surface area contributed by atoms with E-state index >= 15 is 0 Å². The number of benzene rings is 1. The number of methoxy groups -OCH3 is 1. The Hall–Kier alpha value is -2.21. The summed E-state index contributed by atoms with van der Waals surface area (Å²) < 4.78 is 10.0. The molecule has 0 radical (unpaired) electrons. The van der Waals surface area contributed by atoms with Crippen molar-refractivity contribution in [1.82, 2.24) is 4.98 Å². The molecule has 21 heavy (non-hydrogen) atoms. The van der Waals surface area contributed by atoms with Gasteiger partial charge in [-0.2, -0.15) is 0 Å². The van der Waals surface area contributed by atoms with Gasteiger partial charge in [0.25, 0.3) is 0 Å². The number of rotatable bonds is 5. The summed E-state index contributed by atoms with van der Waals surface area (Å²) in [5.41, 5.74) is 0.889. The Morgan fingerprint density at radius 1 is 1.24 bits per heavy atom. The lowest BCUT2D eigenvalue weighted by molar-refractivity contribution is 0.0591. The summed E-state index contributed by atoms with van der Waals surface area (Å²) in [5.74, 6) is -0.0449. The number of carbonyl (C=O) groups excluding carboxylic acids is 2. The number of carbonyl (C=O) groups is 2. The van der Waals surface area contributed by atoms with Crippen LogP contribution in [0.25, 0.3) is 10.6 Å². The summed E-state index contributed by atoms with van der Waals surface area (Å²) in [6.45, 7) is 3.91. The Labute approximate surface area is 126 Å². The molecular weight excluding hydrogens is 290 g/mol. The molecule has 1 aromatic heterocycles. The molecule has 0 aliphatic carbocycles. The summed E-state index contributed by atoms with van der Waals surface area (Å²) in [6, 6.07) is 7.33. The van der Waals surface area contributed by atoms with E-state index in [0.717, 1.165) is 11.3 Å². The van der Waals surface area contributed by atoms with Gasteiger partial charge in [0, 0.05) is 12.5 Å². The van der Waals surface area contributed by atoms with Crippen molar-refractivity contribution in [2.75, 3.05) is 13.7 Å². The molecule has 0 amide bonds. The highest BCUT2D eigenvalue weighted by molar-refractivity contribution is 7.17. The van der Waals surface area contributed by atoms with Crippen LogP contribution in [-0.2, 0) is 4.74 Å². The maximum absolute atomic E-state index is 11.7. The lowest BCUT2D eigenvalue weighted by atomic mass is 10.2. The summed E-state index contributed by atoms with van der Waals surface area (Å²) in [7, 11) is 1.27. The first-order valence-electron chi connectivity index (χ1n) is 6.40. The van der Waals surface area contributed by atoms with Crippen LogP contribution in [0.4, 0.5) is 0 Å². The van der Waals surface area contributed by atoms with E-state index < -0.39 is 5.97 Å². The Morgan fingerprint density at radius 2 is 1.90 bits per heavy atom. The van der Waals surface area contributed by atoms with E-state index in [1.807, 2.05) is 31.2 Å². The van der Waals surface area contributed by atoms with E-state index in [9.17, 15) is 9.59 Å². The van der Waals surface area contributed by atoms with Gasteiger partial charge in [-0.1, -0.05) is 0 Å². The second-order valence-electron chi connectivity index (χ2n) is 4.20. The lowest BCUT2D eigenvalue weighted by Crippen LogP contribution is -2.06. The number of thiazole rings is 1. The third-order valence-corrected chi connectivity index (χ3v) is 3.94. The zero-order valence-electron chi connectivity index (χ0n) is 12.0. The van der Waals surface area contributed by atoms with Crippen LogP contribution in [0, 0.1) is 0 Å². The Balaban J connectivity index is 2.40. The molecule has 0 aliphatic rings. The number of hydrogen-bond donors (Lipinski definition) is 0. The average molecular weight is 305 g/mol. The van der Waals surface area contributed by atoms with Gasteiger partial charge >= 0.3 is 5.97 Å². The molecule has 0 saturated carbocycles. The van der Waals surface area contributed by atoms with Gasteiger partial charge in [0.15, 0.2) is 11.5 Å². The number of esters is 1. The first-order chi connectivity index (χ1) is 10.1. The molecule has 0 N–H and O–H groups in total. The quantitative estimate of drug-likeness (QED) is 0.627. The van der Waals surface area contributed by atoms with Gasteiger partial charge < -0.3 is 9.47 Å². The highest BCUT2D eigenvalue weighted by Crippen LogP contribution is 2.30. The largest absolute Gasteiger partial charge is 0.494 e. The van der Waals surface area contributed by atoms with Crippen LogP contribution in [0.3, 0.4) is 0 Å². The van der Waals surface area contributed by atoms with Crippen LogP contribution in [0.5, 0.6) is 5.75 Å². The number of aromatic nitrogens is 1. The van der Waals surface area contributed by atoms with E-state index in [1.54, 1.807) is 0 Å². The van der Waals surface area contributed by atoms with Crippen molar-refractivity contribution in [2.45, 2.75) is 13.8 Å². The molecule has 6 heteroatoms. The Morgan fingerprint density at radius 3 is 2.43 bits per heavy atom. The minimum Gasteiger partial charge on any atom is -0.494 e. The molecular formula is C15H15NO4S. The summed E-state index contributed by atoms with van der Waals surface area (Å²) in [4.78, 5) is 27.8. The van der Waals surface area contributed by atoms with E-state index in [4.69, 9.17) is 4.74 Å². The fraction of sp³-hybridized carbons (Fsp3) is 0.267. The molecule has 2 rings (SSSR count). The minimum atomic E-state index is -0.603. The molecule has 0 unspecified atom stereocenters. The van der Waals surface area contributed by atoms with Crippen molar-refractivity contribution < 1.29 is 19.1 Å². The monoisotopic (exact) mass is 305 g/mol. The topological polar surface area (TPSA) is 65.5 Å². The molecule has 5 nitrogen and oxygen atoms in total. The van der Waals surface area contributed by atoms with Crippen molar-refractivity contribution in [3.05, 3.63) is 34.8 Å². The molecule has 0 saturated heterocycles. The molecule has 0 spiro atoms. The van der Waals surface area contributed by atoms with Crippen LogP contribution in [0.1, 0.15) is 34.0 Å².